The van der Waals surface area contributed by atoms with Gasteiger partial charge in [-0.15, -0.1) is 0 Å². The lowest BCUT2D eigenvalue weighted by atomic mass is 9.86. The van der Waals surface area contributed by atoms with Crippen molar-refractivity contribution in [2.45, 2.75) is 6.42 Å². The lowest BCUT2D eigenvalue weighted by Crippen LogP contribution is -2.10. The summed E-state index contributed by atoms with van der Waals surface area (Å²) in [7, 11) is 0. The van der Waals surface area contributed by atoms with Crippen molar-refractivity contribution in [2.75, 3.05) is 0 Å². The Hall–Kier alpha value is -5.34. The molecule has 7 aromatic rings. The topological polar surface area (TPSA) is 9.86 Å². The number of hydrogen-bond acceptors (Lipinski definition) is 0. The van der Waals surface area contributed by atoms with Gasteiger partial charge in [-0.05, 0) is 65.6 Å². The maximum atomic E-state index is 2.50. The normalized spacial score (nSPS) is 16.3. The molecule has 1 atom stereocenters. The minimum Gasteiger partial charge on any atom is -0.313 e. The first kappa shape index (κ1) is 23.4. The van der Waals surface area contributed by atoms with Crippen LogP contribution in [0, 0.1) is 5.92 Å². The molecule has 0 aliphatic heterocycles. The molecular formula is C40H28N2. The number of nitrogens with zero attached hydrogens (tertiary/aromatic N) is 2. The Labute approximate surface area is 244 Å². The van der Waals surface area contributed by atoms with E-state index in [2.05, 4.69) is 161 Å². The van der Waals surface area contributed by atoms with E-state index in [1.165, 1.54) is 71.7 Å². The largest absolute Gasteiger partial charge is 0.313 e. The first-order valence-electron chi connectivity index (χ1n) is 14.7. The zero-order valence-corrected chi connectivity index (χ0v) is 23.1. The Morgan fingerprint density at radius 3 is 1.86 bits per heavy atom. The van der Waals surface area contributed by atoms with Gasteiger partial charge in [0, 0.05) is 38.8 Å². The van der Waals surface area contributed by atoms with Crippen LogP contribution in [0.2, 0.25) is 0 Å². The molecule has 9 rings (SSSR count). The van der Waals surface area contributed by atoms with E-state index in [-0.39, 0.29) is 0 Å². The maximum Gasteiger partial charge on any atom is 0.0548 e. The van der Waals surface area contributed by atoms with Crippen LogP contribution < -0.4 is 0 Å². The predicted molar refractivity (Wildman–Crippen MR) is 178 cm³/mol. The summed E-state index contributed by atoms with van der Waals surface area (Å²) < 4.78 is 4.93. The zero-order valence-electron chi connectivity index (χ0n) is 23.1. The molecule has 2 heteroatoms. The lowest BCUT2D eigenvalue weighted by molar-refractivity contribution is 0.770. The molecule has 0 saturated heterocycles. The molecule has 0 bridgehead atoms. The molecule has 42 heavy (non-hydrogen) atoms. The van der Waals surface area contributed by atoms with Crippen LogP contribution in [-0.2, 0) is 0 Å². The molecule has 0 fully saturated rings. The van der Waals surface area contributed by atoms with E-state index in [4.69, 9.17) is 0 Å². The van der Waals surface area contributed by atoms with Gasteiger partial charge in [-0.3, -0.25) is 0 Å². The van der Waals surface area contributed by atoms with Crippen molar-refractivity contribution in [2.24, 2.45) is 5.92 Å². The zero-order chi connectivity index (χ0) is 27.6. The Bertz CT molecular complexity index is 2300. The summed E-state index contributed by atoms with van der Waals surface area (Å²) >= 11 is 0. The molecule has 198 valence electrons. The van der Waals surface area contributed by atoms with Crippen molar-refractivity contribution in [1.29, 1.82) is 0 Å². The second-order valence-electron chi connectivity index (χ2n) is 11.4. The number of para-hydroxylation sites is 2. The van der Waals surface area contributed by atoms with Crippen LogP contribution in [0.4, 0.5) is 0 Å². The van der Waals surface area contributed by atoms with Crippen LogP contribution in [0.15, 0.2) is 157 Å². The number of benzene rings is 5. The van der Waals surface area contributed by atoms with Gasteiger partial charge >= 0.3 is 0 Å². The summed E-state index contributed by atoms with van der Waals surface area (Å²) in [5, 5.41) is 5.23. The summed E-state index contributed by atoms with van der Waals surface area (Å²) in [5.41, 5.74) is 11.4. The fraction of sp³-hybridized carbons (Fsp3) is 0.0500. The molecule has 0 amide bonds. The maximum absolute atomic E-state index is 2.50. The molecule has 5 aromatic carbocycles. The van der Waals surface area contributed by atoms with E-state index in [1.54, 1.807) is 0 Å². The van der Waals surface area contributed by atoms with Crippen LogP contribution in [0.3, 0.4) is 0 Å². The van der Waals surface area contributed by atoms with Crippen LogP contribution in [-0.4, -0.2) is 9.13 Å². The van der Waals surface area contributed by atoms with Gasteiger partial charge in [0.15, 0.2) is 0 Å². The van der Waals surface area contributed by atoms with Gasteiger partial charge < -0.3 is 9.13 Å². The van der Waals surface area contributed by atoms with E-state index in [9.17, 15) is 0 Å². The van der Waals surface area contributed by atoms with Crippen molar-refractivity contribution >= 4 is 49.3 Å². The SMILES string of the molecule is C1=CC2=CC=C(n3c4ccccc4c4c5c6ccccc6n(-c6ccc(-c7ccccc7)cc6)c5ccc43)CC2C=C1. The first-order valence-corrected chi connectivity index (χ1v) is 14.7. The van der Waals surface area contributed by atoms with Gasteiger partial charge in [-0.1, -0.05) is 109 Å². The number of hydrogen-bond donors (Lipinski definition) is 0. The van der Waals surface area contributed by atoms with Crippen molar-refractivity contribution in [3.63, 3.8) is 0 Å². The standard InChI is InChI=1S/C40H28N2/c1-2-10-27(11-3-1)29-18-21-31(22-19-29)41-35-16-8-6-14-33(35)39-37(41)24-25-38-40(39)34-15-7-9-17-36(34)42(38)32-23-20-28-12-4-5-13-30(28)26-32/h1-25,30H,26H2. The monoisotopic (exact) mass is 536 g/mol. The fourth-order valence-electron chi connectivity index (χ4n) is 7.16. The Morgan fingerprint density at radius 1 is 0.500 bits per heavy atom. The van der Waals surface area contributed by atoms with E-state index in [0.29, 0.717) is 5.92 Å². The van der Waals surface area contributed by atoms with Crippen LogP contribution >= 0.6 is 0 Å². The highest BCUT2D eigenvalue weighted by Crippen LogP contribution is 2.44. The number of allylic oxidation sites excluding steroid dienone is 8. The smallest absolute Gasteiger partial charge is 0.0548 e. The Balaban J connectivity index is 1.32. The summed E-state index contributed by atoms with van der Waals surface area (Å²) in [6.45, 7) is 0. The van der Waals surface area contributed by atoms with Crippen LogP contribution in [0.25, 0.3) is 66.1 Å². The van der Waals surface area contributed by atoms with Gasteiger partial charge in [-0.25, -0.2) is 0 Å². The quantitative estimate of drug-likeness (QED) is 0.213. The van der Waals surface area contributed by atoms with Crippen LogP contribution in [0.1, 0.15) is 6.42 Å². The summed E-state index contributed by atoms with van der Waals surface area (Å²) in [6.07, 6.45) is 14.5. The fourth-order valence-corrected chi connectivity index (χ4v) is 7.16. The van der Waals surface area contributed by atoms with Gasteiger partial charge in [0.25, 0.3) is 0 Å². The highest BCUT2D eigenvalue weighted by atomic mass is 15.0. The minimum absolute atomic E-state index is 0.427. The minimum atomic E-state index is 0.427. The molecule has 2 aliphatic carbocycles. The molecular weight excluding hydrogens is 508 g/mol. The van der Waals surface area contributed by atoms with Crippen molar-refractivity contribution in [3.8, 4) is 16.8 Å². The summed E-state index contributed by atoms with van der Waals surface area (Å²) in [4.78, 5) is 0. The molecule has 2 nitrogen and oxygen atoms in total. The number of aromatic nitrogens is 2. The molecule has 0 saturated carbocycles. The summed E-state index contributed by atoms with van der Waals surface area (Å²) in [6, 6.07) is 42.0. The van der Waals surface area contributed by atoms with Gasteiger partial charge in [0.2, 0.25) is 0 Å². The van der Waals surface area contributed by atoms with Crippen molar-refractivity contribution < 1.29 is 0 Å². The Morgan fingerprint density at radius 2 is 1.12 bits per heavy atom. The lowest BCUT2D eigenvalue weighted by Gasteiger charge is -2.24. The number of fused-ring (bicyclic) bond motifs is 8. The van der Waals surface area contributed by atoms with Crippen molar-refractivity contribution in [3.05, 3.63) is 157 Å². The third-order valence-corrected chi connectivity index (χ3v) is 9.06. The average molecular weight is 537 g/mol. The molecule has 0 N–H and O–H groups in total. The third-order valence-electron chi connectivity index (χ3n) is 9.06. The molecule has 0 radical (unpaired) electrons. The van der Waals surface area contributed by atoms with E-state index in [0.717, 1.165) is 6.42 Å². The Kier molecular flexibility index (Phi) is 5.06. The third kappa shape index (κ3) is 3.39. The molecule has 2 aliphatic rings. The second kappa shape index (κ2) is 9.09. The van der Waals surface area contributed by atoms with Gasteiger partial charge in [0.1, 0.15) is 0 Å². The van der Waals surface area contributed by atoms with Gasteiger partial charge in [0.05, 0.1) is 22.1 Å². The van der Waals surface area contributed by atoms with E-state index in [1.807, 2.05) is 0 Å². The predicted octanol–water partition coefficient (Wildman–Crippen LogP) is 10.5. The van der Waals surface area contributed by atoms with Crippen LogP contribution in [0.5, 0.6) is 0 Å². The molecule has 0 spiro atoms. The highest BCUT2D eigenvalue weighted by Gasteiger charge is 2.23. The second-order valence-corrected chi connectivity index (χ2v) is 11.4. The summed E-state index contributed by atoms with van der Waals surface area (Å²) in [5.74, 6) is 0.427. The van der Waals surface area contributed by atoms with E-state index < -0.39 is 0 Å². The average Bonchev–Trinajstić information content (AvgIpc) is 3.58. The van der Waals surface area contributed by atoms with E-state index >= 15 is 0 Å². The van der Waals surface area contributed by atoms with Gasteiger partial charge in [-0.2, -0.15) is 0 Å². The first-order chi connectivity index (χ1) is 20.8. The van der Waals surface area contributed by atoms with Crippen molar-refractivity contribution in [1.82, 2.24) is 9.13 Å². The molecule has 2 heterocycles. The number of rotatable bonds is 3. The molecule has 2 aromatic heterocycles. The molecule has 1 unspecified atom stereocenters. The highest BCUT2D eigenvalue weighted by molar-refractivity contribution is 6.29.